The monoisotopic (exact) mass is 484 g/mol. The first-order chi connectivity index (χ1) is 16.4. The normalized spacial score (nSPS) is 16.9. The van der Waals surface area contributed by atoms with Crippen LogP contribution < -0.4 is 0 Å². The maximum Gasteiger partial charge on any atom is 0.243 e. The maximum absolute atomic E-state index is 13.5. The minimum atomic E-state index is -3.73. The number of sulfonamides is 1. The maximum atomic E-state index is 13.5. The van der Waals surface area contributed by atoms with Gasteiger partial charge in [0.1, 0.15) is 11.9 Å². The fraction of sp³-hybridized carbons (Fsp3) is 0.360. The van der Waals surface area contributed by atoms with Gasteiger partial charge in [0.15, 0.2) is 0 Å². The van der Waals surface area contributed by atoms with Crippen molar-refractivity contribution in [2.24, 2.45) is 0 Å². The smallest absolute Gasteiger partial charge is 0.243 e. The number of carbonyl (C=O) groups is 1. The largest absolute Gasteiger partial charge is 0.344 e. The van der Waals surface area contributed by atoms with Crippen LogP contribution in [0.5, 0.6) is 0 Å². The summed E-state index contributed by atoms with van der Waals surface area (Å²) in [6.45, 7) is 0.835. The Labute approximate surface area is 199 Å². The number of likely N-dealkylation sites (N-methyl/N-ethyl adjacent to an activating group) is 1. The fourth-order valence-electron chi connectivity index (χ4n) is 4.32. The van der Waals surface area contributed by atoms with E-state index in [2.05, 4.69) is 10.2 Å². The van der Waals surface area contributed by atoms with E-state index in [4.69, 9.17) is 0 Å². The Morgan fingerprint density at radius 1 is 1.15 bits per heavy atom. The summed E-state index contributed by atoms with van der Waals surface area (Å²) in [7, 11) is -2.02. The summed E-state index contributed by atoms with van der Waals surface area (Å²) in [6, 6.07) is 15.8. The van der Waals surface area contributed by atoms with Crippen molar-refractivity contribution in [3.63, 3.8) is 0 Å². The van der Waals surface area contributed by atoms with Gasteiger partial charge in [-0.05, 0) is 56.0 Å². The third kappa shape index (κ3) is 5.37. The molecule has 0 bridgehead atoms. The average molecular weight is 485 g/mol. The Hall–Kier alpha value is -3.04. The number of benzene rings is 2. The van der Waals surface area contributed by atoms with Gasteiger partial charge in [-0.2, -0.15) is 9.40 Å². The Kier molecular flexibility index (Phi) is 7.43. The third-order valence-electron chi connectivity index (χ3n) is 6.16. The predicted octanol–water partition coefficient (Wildman–Crippen LogP) is 3.85. The molecule has 1 N–H and O–H groups in total. The molecule has 7 nitrogen and oxygen atoms in total. The number of carbonyl (C=O) groups excluding carboxylic acids is 1. The van der Waals surface area contributed by atoms with Gasteiger partial charge in [-0.3, -0.25) is 9.89 Å². The second-order valence-electron chi connectivity index (χ2n) is 8.59. The summed E-state index contributed by atoms with van der Waals surface area (Å²) >= 11 is 0. The molecule has 2 aromatic carbocycles. The lowest BCUT2D eigenvalue weighted by Crippen LogP contribution is -2.52. The van der Waals surface area contributed by atoms with Gasteiger partial charge in [-0.15, -0.1) is 0 Å². The van der Waals surface area contributed by atoms with E-state index in [0.717, 1.165) is 18.5 Å². The van der Waals surface area contributed by atoms with E-state index in [1.807, 2.05) is 6.07 Å². The summed E-state index contributed by atoms with van der Waals surface area (Å²) in [5, 5.41) is 7.23. The summed E-state index contributed by atoms with van der Waals surface area (Å²) in [5.41, 5.74) is 2.26. The molecule has 1 fully saturated rings. The first kappa shape index (κ1) is 24.1. The van der Waals surface area contributed by atoms with Crippen LogP contribution in [0.4, 0.5) is 4.39 Å². The first-order valence-electron chi connectivity index (χ1n) is 11.5. The number of rotatable bonds is 8. The van der Waals surface area contributed by atoms with E-state index in [1.54, 1.807) is 54.4 Å². The molecule has 1 aromatic heterocycles. The number of H-pyrrole nitrogens is 1. The molecule has 4 rings (SSSR count). The molecule has 1 aliphatic heterocycles. The molecule has 0 radical (unpaired) electrons. The van der Waals surface area contributed by atoms with Crippen LogP contribution in [-0.2, 0) is 21.2 Å². The standard InChI is InChI=1S/C25H29FN4O3S/c1-29(15-8-11-21-18-23(28-27-21)19-9-7-10-20(26)17-19)25(31)24-14-5-6-16-30(24)34(32,33)22-12-3-2-4-13-22/h2-4,7,9-10,12-13,17-18,24H,5-6,8,11,14-16H2,1H3,(H,27,28). The zero-order chi connectivity index (χ0) is 24.1. The van der Waals surface area contributed by atoms with E-state index < -0.39 is 16.1 Å². The number of piperidine rings is 1. The number of aromatic nitrogens is 2. The molecule has 3 aromatic rings. The van der Waals surface area contributed by atoms with Crippen molar-refractivity contribution >= 4 is 15.9 Å². The number of nitrogens with zero attached hydrogens (tertiary/aromatic N) is 3. The van der Waals surface area contributed by atoms with Crippen LogP contribution in [0, 0.1) is 5.82 Å². The van der Waals surface area contributed by atoms with Crippen LogP contribution in [0.3, 0.4) is 0 Å². The third-order valence-corrected chi connectivity index (χ3v) is 8.08. The van der Waals surface area contributed by atoms with Crippen molar-refractivity contribution in [2.75, 3.05) is 20.1 Å². The predicted molar refractivity (Wildman–Crippen MR) is 128 cm³/mol. The van der Waals surface area contributed by atoms with Gasteiger partial charge < -0.3 is 4.90 Å². The van der Waals surface area contributed by atoms with Crippen molar-refractivity contribution in [3.05, 3.63) is 72.2 Å². The zero-order valence-corrected chi connectivity index (χ0v) is 20.0. The SMILES string of the molecule is CN(CCCc1cc(-c2cccc(F)c2)n[nH]1)C(=O)C1CCCCN1S(=O)(=O)c1ccccc1. The molecule has 9 heteroatoms. The highest BCUT2D eigenvalue weighted by atomic mass is 32.2. The van der Waals surface area contributed by atoms with Crippen molar-refractivity contribution in [1.82, 2.24) is 19.4 Å². The van der Waals surface area contributed by atoms with Gasteiger partial charge in [0.25, 0.3) is 0 Å². The fourth-order valence-corrected chi connectivity index (χ4v) is 6.00. The van der Waals surface area contributed by atoms with Crippen LogP contribution in [-0.4, -0.2) is 59.9 Å². The molecule has 180 valence electrons. The Balaban J connectivity index is 1.36. The molecule has 1 aliphatic rings. The van der Waals surface area contributed by atoms with Crippen LogP contribution >= 0.6 is 0 Å². The molecule has 0 spiro atoms. The molecule has 1 saturated heterocycles. The van der Waals surface area contributed by atoms with Crippen molar-refractivity contribution < 1.29 is 17.6 Å². The highest BCUT2D eigenvalue weighted by molar-refractivity contribution is 7.89. The number of aromatic amines is 1. The molecule has 0 aliphatic carbocycles. The number of nitrogens with one attached hydrogen (secondary N) is 1. The molecule has 2 heterocycles. The number of amides is 1. The number of hydrogen-bond donors (Lipinski definition) is 1. The van der Waals surface area contributed by atoms with Crippen LogP contribution in [0.1, 0.15) is 31.4 Å². The lowest BCUT2D eigenvalue weighted by atomic mass is 10.0. The van der Waals surface area contributed by atoms with Gasteiger partial charge >= 0.3 is 0 Å². The van der Waals surface area contributed by atoms with Crippen molar-refractivity contribution in [2.45, 2.75) is 43.0 Å². The van der Waals surface area contributed by atoms with Crippen LogP contribution in [0.15, 0.2) is 65.6 Å². The Bertz CT molecular complexity index is 1230. The van der Waals surface area contributed by atoms with Crippen LogP contribution in [0.2, 0.25) is 0 Å². The van der Waals surface area contributed by atoms with E-state index in [0.29, 0.717) is 43.6 Å². The lowest BCUT2D eigenvalue weighted by molar-refractivity contribution is -0.134. The summed E-state index contributed by atoms with van der Waals surface area (Å²) in [6.07, 6.45) is 3.43. The molecule has 0 saturated carbocycles. The average Bonchev–Trinajstić information content (AvgIpc) is 3.33. The highest BCUT2D eigenvalue weighted by Gasteiger charge is 2.38. The number of halogens is 1. The van der Waals surface area contributed by atoms with Crippen LogP contribution in [0.25, 0.3) is 11.3 Å². The second kappa shape index (κ2) is 10.5. The number of aryl methyl sites for hydroxylation is 1. The highest BCUT2D eigenvalue weighted by Crippen LogP contribution is 2.26. The van der Waals surface area contributed by atoms with Gasteiger partial charge in [0.2, 0.25) is 15.9 Å². The Morgan fingerprint density at radius 2 is 1.94 bits per heavy atom. The molecule has 34 heavy (non-hydrogen) atoms. The minimum absolute atomic E-state index is 0.177. The zero-order valence-electron chi connectivity index (χ0n) is 19.2. The Morgan fingerprint density at radius 3 is 2.71 bits per heavy atom. The second-order valence-corrected chi connectivity index (χ2v) is 10.5. The lowest BCUT2D eigenvalue weighted by Gasteiger charge is -2.35. The van der Waals surface area contributed by atoms with Gasteiger partial charge in [-0.1, -0.05) is 36.8 Å². The topological polar surface area (TPSA) is 86.4 Å². The van der Waals surface area contributed by atoms with E-state index >= 15 is 0 Å². The summed E-state index contributed by atoms with van der Waals surface area (Å²) in [4.78, 5) is 15.0. The molecular formula is C25H29FN4O3S. The summed E-state index contributed by atoms with van der Waals surface area (Å²) in [5.74, 6) is -0.488. The van der Waals surface area contributed by atoms with Crippen molar-refractivity contribution in [1.29, 1.82) is 0 Å². The minimum Gasteiger partial charge on any atom is -0.344 e. The number of hydrogen-bond acceptors (Lipinski definition) is 4. The van der Waals surface area contributed by atoms with Gasteiger partial charge in [0, 0.05) is 31.4 Å². The van der Waals surface area contributed by atoms with Gasteiger partial charge in [0.05, 0.1) is 10.6 Å². The van der Waals surface area contributed by atoms with E-state index in [-0.39, 0.29) is 16.6 Å². The molecule has 1 unspecified atom stereocenters. The van der Waals surface area contributed by atoms with Crippen molar-refractivity contribution in [3.8, 4) is 11.3 Å². The molecule has 1 amide bonds. The molecule has 1 atom stereocenters. The van der Waals surface area contributed by atoms with Gasteiger partial charge in [-0.25, -0.2) is 12.8 Å². The van der Waals surface area contributed by atoms with E-state index in [1.165, 1.54) is 16.4 Å². The van der Waals surface area contributed by atoms with E-state index in [9.17, 15) is 17.6 Å². The quantitative estimate of drug-likeness (QED) is 0.526. The molecular weight excluding hydrogens is 455 g/mol. The summed E-state index contributed by atoms with van der Waals surface area (Å²) < 4.78 is 41.2. The first-order valence-corrected chi connectivity index (χ1v) is 12.9.